The monoisotopic (exact) mass is 366 g/mol. The molecule has 0 saturated carbocycles. The fraction of sp³-hybridized carbons (Fsp3) is 0.455. The molecule has 144 valence electrons. The first-order valence-corrected chi connectivity index (χ1v) is 9.98. The second kappa shape index (κ2) is 8.89. The van der Waals surface area contributed by atoms with Gasteiger partial charge in [-0.1, -0.05) is 6.92 Å². The van der Waals surface area contributed by atoms with Gasteiger partial charge in [0.25, 0.3) is 5.91 Å². The van der Waals surface area contributed by atoms with Crippen molar-refractivity contribution in [3.63, 3.8) is 0 Å². The van der Waals surface area contributed by atoms with Gasteiger partial charge in [0.2, 0.25) is 0 Å². The number of amides is 1. The summed E-state index contributed by atoms with van der Waals surface area (Å²) >= 11 is 0. The quantitative estimate of drug-likeness (QED) is 0.822. The van der Waals surface area contributed by atoms with Crippen LogP contribution in [0.1, 0.15) is 44.0 Å². The lowest BCUT2D eigenvalue weighted by atomic mass is 9.99. The first-order chi connectivity index (χ1) is 13.1. The number of hydrogen-bond acceptors (Lipinski definition) is 4. The van der Waals surface area contributed by atoms with Crippen molar-refractivity contribution in [3.05, 3.63) is 48.2 Å². The molecule has 0 bridgehead atoms. The predicted octanol–water partition coefficient (Wildman–Crippen LogP) is 4.42. The lowest BCUT2D eigenvalue weighted by Crippen LogP contribution is -2.32. The van der Waals surface area contributed by atoms with Crippen LogP contribution in [0.25, 0.3) is 0 Å². The van der Waals surface area contributed by atoms with E-state index in [1.807, 2.05) is 18.2 Å². The molecular formula is C22H30N4O. The van der Waals surface area contributed by atoms with Crippen LogP contribution in [0.2, 0.25) is 0 Å². The number of carbonyl (C=O) groups is 1. The SMILES string of the molecule is CCN(CC)c1cc(C(=O)Nc2ccc(N3CCC(C)CC3)cc2)ccn1. The maximum Gasteiger partial charge on any atom is 0.255 e. The van der Waals surface area contributed by atoms with Crippen LogP contribution in [0.3, 0.4) is 0 Å². The van der Waals surface area contributed by atoms with E-state index in [9.17, 15) is 4.79 Å². The van der Waals surface area contributed by atoms with E-state index in [0.717, 1.165) is 43.6 Å². The largest absolute Gasteiger partial charge is 0.372 e. The first kappa shape index (κ1) is 19.2. The summed E-state index contributed by atoms with van der Waals surface area (Å²) in [6.07, 6.45) is 4.19. The maximum atomic E-state index is 12.6. The average molecular weight is 367 g/mol. The number of pyridine rings is 1. The number of piperidine rings is 1. The van der Waals surface area contributed by atoms with Gasteiger partial charge in [-0.2, -0.15) is 0 Å². The van der Waals surface area contributed by atoms with Gasteiger partial charge in [-0.15, -0.1) is 0 Å². The highest BCUT2D eigenvalue weighted by molar-refractivity contribution is 6.04. The summed E-state index contributed by atoms with van der Waals surface area (Å²) in [6.45, 7) is 10.4. The number of anilines is 3. The Morgan fingerprint density at radius 2 is 1.81 bits per heavy atom. The van der Waals surface area contributed by atoms with Crippen molar-refractivity contribution >= 4 is 23.1 Å². The molecule has 0 atom stereocenters. The van der Waals surface area contributed by atoms with E-state index in [-0.39, 0.29) is 5.91 Å². The summed E-state index contributed by atoms with van der Waals surface area (Å²) in [6, 6.07) is 11.8. The Hall–Kier alpha value is -2.56. The number of rotatable bonds is 6. The molecular weight excluding hydrogens is 336 g/mol. The van der Waals surface area contributed by atoms with Gasteiger partial charge >= 0.3 is 0 Å². The highest BCUT2D eigenvalue weighted by atomic mass is 16.1. The van der Waals surface area contributed by atoms with Crippen molar-refractivity contribution in [3.8, 4) is 0 Å². The Bertz CT molecular complexity index is 747. The molecule has 2 heterocycles. The number of nitrogens with one attached hydrogen (secondary N) is 1. The second-order valence-electron chi connectivity index (χ2n) is 7.25. The summed E-state index contributed by atoms with van der Waals surface area (Å²) in [7, 11) is 0. The van der Waals surface area contributed by atoms with Crippen LogP contribution in [0.4, 0.5) is 17.2 Å². The third kappa shape index (κ3) is 4.79. The predicted molar refractivity (Wildman–Crippen MR) is 113 cm³/mol. The number of nitrogens with zero attached hydrogens (tertiary/aromatic N) is 3. The smallest absolute Gasteiger partial charge is 0.255 e. The van der Waals surface area contributed by atoms with E-state index < -0.39 is 0 Å². The van der Waals surface area contributed by atoms with Gasteiger partial charge in [-0.3, -0.25) is 4.79 Å². The van der Waals surface area contributed by atoms with Crippen LogP contribution in [-0.4, -0.2) is 37.1 Å². The molecule has 5 heteroatoms. The zero-order chi connectivity index (χ0) is 19.2. The van der Waals surface area contributed by atoms with Gasteiger partial charge in [0, 0.05) is 49.3 Å². The third-order valence-electron chi connectivity index (χ3n) is 5.37. The van der Waals surface area contributed by atoms with Crippen LogP contribution in [0, 0.1) is 5.92 Å². The molecule has 1 N–H and O–H groups in total. The minimum atomic E-state index is -0.106. The zero-order valence-corrected chi connectivity index (χ0v) is 16.6. The lowest BCUT2D eigenvalue weighted by Gasteiger charge is -2.32. The third-order valence-corrected chi connectivity index (χ3v) is 5.37. The van der Waals surface area contributed by atoms with E-state index in [4.69, 9.17) is 0 Å². The number of hydrogen-bond donors (Lipinski definition) is 1. The van der Waals surface area contributed by atoms with Crippen LogP contribution in [-0.2, 0) is 0 Å². The van der Waals surface area contributed by atoms with E-state index in [1.54, 1.807) is 12.3 Å². The van der Waals surface area contributed by atoms with Gasteiger partial charge in [0.15, 0.2) is 0 Å². The van der Waals surface area contributed by atoms with E-state index in [2.05, 4.69) is 53.0 Å². The van der Waals surface area contributed by atoms with Crippen LogP contribution in [0.5, 0.6) is 0 Å². The summed E-state index contributed by atoms with van der Waals surface area (Å²) in [5, 5.41) is 2.99. The molecule has 2 aromatic rings. The Labute approximate surface area is 162 Å². The molecule has 1 saturated heterocycles. The summed E-state index contributed by atoms with van der Waals surface area (Å²) in [5.74, 6) is 1.55. The highest BCUT2D eigenvalue weighted by Gasteiger charge is 2.16. The summed E-state index contributed by atoms with van der Waals surface area (Å²) in [5.41, 5.74) is 2.67. The molecule has 0 spiro atoms. The molecule has 1 aromatic heterocycles. The number of benzene rings is 1. The van der Waals surface area contributed by atoms with Crippen molar-refractivity contribution in [2.75, 3.05) is 41.3 Å². The molecule has 1 aromatic carbocycles. The molecule has 0 aliphatic carbocycles. The first-order valence-electron chi connectivity index (χ1n) is 9.98. The van der Waals surface area contributed by atoms with Crippen molar-refractivity contribution < 1.29 is 4.79 Å². The Balaban J connectivity index is 1.65. The summed E-state index contributed by atoms with van der Waals surface area (Å²) in [4.78, 5) is 21.6. The van der Waals surface area contributed by atoms with E-state index in [1.165, 1.54) is 18.5 Å². The topological polar surface area (TPSA) is 48.5 Å². The molecule has 5 nitrogen and oxygen atoms in total. The van der Waals surface area contributed by atoms with Gasteiger partial charge in [-0.25, -0.2) is 4.98 Å². The Morgan fingerprint density at radius 1 is 1.15 bits per heavy atom. The van der Waals surface area contributed by atoms with Crippen LogP contribution < -0.4 is 15.1 Å². The molecule has 1 amide bonds. The van der Waals surface area contributed by atoms with Gasteiger partial charge in [-0.05, 0) is 69.0 Å². The standard InChI is InChI=1S/C22H30N4O/c1-4-25(5-2)21-16-18(10-13-23-21)22(27)24-19-6-8-20(9-7-19)26-14-11-17(3)12-15-26/h6-10,13,16-17H,4-5,11-12,14-15H2,1-3H3,(H,24,27). The molecule has 1 aliphatic rings. The van der Waals surface area contributed by atoms with Crippen LogP contribution >= 0.6 is 0 Å². The molecule has 1 fully saturated rings. The molecule has 27 heavy (non-hydrogen) atoms. The van der Waals surface area contributed by atoms with Crippen molar-refractivity contribution in [1.82, 2.24) is 4.98 Å². The average Bonchev–Trinajstić information content (AvgIpc) is 2.70. The lowest BCUT2D eigenvalue weighted by molar-refractivity contribution is 0.102. The Morgan fingerprint density at radius 3 is 2.44 bits per heavy atom. The highest BCUT2D eigenvalue weighted by Crippen LogP contribution is 2.24. The van der Waals surface area contributed by atoms with Crippen molar-refractivity contribution in [1.29, 1.82) is 0 Å². The molecule has 3 rings (SSSR count). The molecule has 0 radical (unpaired) electrons. The molecule has 1 aliphatic heterocycles. The minimum Gasteiger partial charge on any atom is -0.372 e. The van der Waals surface area contributed by atoms with E-state index >= 15 is 0 Å². The van der Waals surface area contributed by atoms with Crippen molar-refractivity contribution in [2.24, 2.45) is 5.92 Å². The minimum absolute atomic E-state index is 0.106. The number of carbonyl (C=O) groups excluding carboxylic acids is 1. The van der Waals surface area contributed by atoms with Crippen LogP contribution in [0.15, 0.2) is 42.6 Å². The van der Waals surface area contributed by atoms with E-state index in [0.29, 0.717) is 5.56 Å². The summed E-state index contributed by atoms with van der Waals surface area (Å²) < 4.78 is 0. The fourth-order valence-corrected chi connectivity index (χ4v) is 3.51. The maximum absolute atomic E-state index is 12.6. The normalized spacial score (nSPS) is 14.9. The van der Waals surface area contributed by atoms with Gasteiger partial charge in [0.05, 0.1) is 0 Å². The molecule has 0 unspecified atom stereocenters. The fourth-order valence-electron chi connectivity index (χ4n) is 3.51. The van der Waals surface area contributed by atoms with Gasteiger partial charge in [0.1, 0.15) is 5.82 Å². The van der Waals surface area contributed by atoms with Gasteiger partial charge < -0.3 is 15.1 Å². The number of aromatic nitrogens is 1. The Kier molecular flexibility index (Phi) is 6.32. The second-order valence-corrected chi connectivity index (χ2v) is 7.25. The zero-order valence-electron chi connectivity index (χ0n) is 16.6. The van der Waals surface area contributed by atoms with Crippen molar-refractivity contribution in [2.45, 2.75) is 33.6 Å².